The molecule has 0 radical (unpaired) electrons. The minimum atomic E-state index is -0.405. The van der Waals surface area contributed by atoms with Gasteiger partial charge in [-0.3, -0.25) is 15.1 Å². The molecule has 2 rings (SSSR count). The highest BCUT2D eigenvalue weighted by atomic mass is 79.9. The number of nitro groups is 1. The second kappa shape index (κ2) is 5.41. The Balaban J connectivity index is 2.28. The standard InChI is InChI=1S/C12H9BrN2O2S/c1-8-2-4-9(5-3-8)14-7-11-10(15(16)17)6-12(13)18-11/h2-7H,1H3. The Bertz CT molecular complexity index is 605. The van der Waals surface area contributed by atoms with Gasteiger partial charge in [-0.05, 0) is 35.0 Å². The van der Waals surface area contributed by atoms with Crippen molar-refractivity contribution in [1.29, 1.82) is 0 Å². The van der Waals surface area contributed by atoms with Gasteiger partial charge in [0.15, 0.2) is 0 Å². The van der Waals surface area contributed by atoms with Gasteiger partial charge in [0.2, 0.25) is 0 Å². The van der Waals surface area contributed by atoms with E-state index in [1.807, 2.05) is 31.2 Å². The van der Waals surface area contributed by atoms with Crippen molar-refractivity contribution in [3.8, 4) is 0 Å². The molecule has 6 heteroatoms. The molecule has 0 aliphatic rings. The van der Waals surface area contributed by atoms with E-state index in [-0.39, 0.29) is 5.69 Å². The number of hydrogen-bond acceptors (Lipinski definition) is 4. The predicted molar refractivity (Wildman–Crippen MR) is 77.1 cm³/mol. The Labute approximate surface area is 116 Å². The van der Waals surface area contributed by atoms with E-state index in [1.165, 1.54) is 23.6 Å². The molecule has 0 unspecified atom stereocenters. The van der Waals surface area contributed by atoms with E-state index >= 15 is 0 Å². The summed E-state index contributed by atoms with van der Waals surface area (Å²) in [6.07, 6.45) is 1.53. The van der Waals surface area contributed by atoms with Gasteiger partial charge in [0.25, 0.3) is 5.69 Å². The van der Waals surface area contributed by atoms with Crippen LogP contribution in [0.25, 0.3) is 0 Å². The Morgan fingerprint density at radius 2 is 2.06 bits per heavy atom. The molecule has 0 N–H and O–H groups in total. The zero-order valence-corrected chi connectivity index (χ0v) is 11.9. The minimum absolute atomic E-state index is 0.0720. The average molecular weight is 325 g/mol. The van der Waals surface area contributed by atoms with Crippen molar-refractivity contribution in [3.05, 3.63) is 54.7 Å². The van der Waals surface area contributed by atoms with E-state index in [4.69, 9.17) is 0 Å². The monoisotopic (exact) mass is 324 g/mol. The lowest BCUT2D eigenvalue weighted by Gasteiger charge is -1.94. The molecule has 0 atom stereocenters. The molecular formula is C12H9BrN2O2S. The number of rotatable bonds is 3. The number of benzene rings is 1. The first-order chi connectivity index (χ1) is 8.56. The third-order valence-corrected chi connectivity index (χ3v) is 3.83. The molecule has 92 valence electrons. The van der Waals surface area contributed by atoms with Crippen LogP contribution in [0.3, 0.4) is 0 Å². The molecule has 0 bridgehead atoms. The Morgan fingerprint density at radius 3 is 2.67 bits per heavy atom. The molecule has 4 nitrogen and oxygen atoms in total. The molecular weight excluding hydrogens is 316 g/mol. The van der Waals surface area contributed by atoms with Crippen LogP contribution in [0, 0.1) is 17.0 Å². The van der Waals surface area contributed by atoms with Gasteiger partial charge in [0.1, 0.15) is 4.88 Å². The summed E-state index contributed by atoms with van der Waals surface area (Å²) in [5, 5.41) is 10.8. The van der Waals surface area contributed by atoms with Crippen molar-refractivity contribution in [2.45, 2.75) is 6.92 Å². The van der Waals surface area contributed by atoms with E-state index in [1.54, 1.807) is 0 Å². The fourth-order valence-corrected chi connectivity index (χ4v) is 2.83. The highest BCUT2D eigenvalue weighted by Crippen LogP contribution is 2.31. The number of hydrogen-bond donors (Lipinski definition) is 0. The molecule has 1 aromatic heterocycles. The fraction of sp³-hybridized carbons (Fsp3) is 0.0833. The Kier molecular flexibility index (Phi) is 3.88. The Morgan fingerprint density at radius 1 is 1.39 bits per heavy atom. The SMILES string of the molecule is Cc1ccc(N=Cc2sc(Br)cc2[N+](=O)[O-])cc1. The number of thiophene rings is 1. The molecule has 0 spiro atoms. The van der Waals surface area contributed by atoms with Crippen LogP contribution in [0.15, 0.2) is 39.1 Å². The molecule has 18 heavy (non-hydrogen) atoms. The predicted octanol–water partition coefficient (Wildman–Crippen LogP) is 4.48. The van der Waals surface area contributed by atoms with Crippen LogP contribution < -0.4 is 0 Å². The summed E-state index contributed by atoms with van der Waals surface area (Å²) in [6.45, 7) is 1.99. The van der Waals surface area contributed by atoms with Gasteiger partial charge in [-0.25, -0.2) is 0 Å². The molecule has 0 aliphatic carbocycles. The van der Waals surface area contributed by atoms with Crippen LogP contribution in [0.1, 0.15) is 10.4 Å². The largest absolute Gasteiger partial charge is 0.290 e. The second-order valence-electron chi connectivity index (χ2n) is 3.65. The summed E-state index contributed by atoms with van der Waals surface area (Å²) >= 11 is 4.53. The van der Waals surface area contributed by atoms with E-state index in [0.717, 1.165) is 15.0 Å². The smallest absolute Gasteiger partial charge is 0.258 e. The molecule has 0 amide bonds. The van der Waals surface area contributed by atoms with E-state index in [0.29, 0.717) is 4.88 Å². The molecule has 0 saturated heterocycles. The zero-order valence-electron chi connectivity index (χ0n) is 9.46. The van der Waals surface area contributed by atoms with Gasteiger partial charge in [-0.2, -0.15) is 0 Å². The topological polar surface area (TPSA) is 55.5 Å². The van der Waals surface area contributed by atoms with Crippen LogP contribution >= 0.6 is 27.3 Å². The van der Waals surface area contributed by atoms with Crippen molar-refractivity contribution >= 4 is 44.9 Å². The summed E-state index contributed by atoms with van der Waals surface area (Å²) in [5.74, 6) is 0. The van der Waals surface area contributed by atoms with Gasteiger partial charge >= 0.3 is 0 Å². The van der Waals surface area contributed by atoms with Crippen LogP contribution in [0.5, 0.6) is 0 Å². The number of aliphatic imine (C=N–C) groups is 1. The lowest BCUT2D eigenvalue weighted by atomic mass is 10.2. The van der Waals surface area contributed by atoms with Gasteiger partial charge in [-0.1, -0.05) is 17.7 Å². The van der Waals surface area contributed by atoms with Gasteiger partial charge in [-0.15, -0.1) is 11.3 Å². The summed E-state index contributed by atoms with van der Waals surface area (Å²) in [6, 6.07) is 9.14. The van der Waals surface area contributed by atoms with Gasteiger partial charge in [0.05, 0.1) is 20.6 Å². The quantitative estimate of drug-likeness (QED) is 0.475. The van der Waals surface area contributed by atoms with Crippen LogP contribution in [-0.4, -0.2) is 11.1 Å². The Hall–Kier alpha value is -1.53. The van der Waals surface area contributed by atoms with Crippen LogP contribution in [0.2, 0.25) is 0 Å². The lowest BCUT2D eigenvalue weighted by molar-refractivity contribution is -0.384. The maximum absolute atomic E-state index is 10.8. The number of halogens is 1. The minimum Gasteiger partial charge on any atom is -0.258 e. The molecule has 1 heterocycles. The highest BCUT2D eigenvalue weighted by molar-refractivity contribution is 9.11. The summed E-state index contributed by atoms with van der Waals surface area (Å²) in [4.78, 5) is 15.2. The molecule has 0 fully saturated rings. The van der Waals surface area contributed by atoms with Gasteiger partial charge < -0.3 is 0 Å². The first kappa shape index (κ1) is 12.9. The summed E-state index contributed by atoms with van der Waals surface area (Å²) in [7, 11) is 0. The summed E-state index contributed by atoms with van der Waals surface area (Å²) in [5.41, 5.74) is 2.00. The van der Waals surface area contributed by atoms with Crippen molar-refractivity contribution < 1.29 is 4.92 Å². The van der Waals surface area contributed by atoms with E-state index in [2.05, 4.69) is 20.9 Å². The summed E-state index contributed by atoms with van der Waals surface area (Å²) < 4.78 is 0.722. The first-order valence-electron chi connectivity index (χ1n) is 5.11. The normalized spacial score (nSPS) is 11.0. The van der Waals surface area contributed by atoms with Crippen molar-refractivity contribution in [3.63, 3.8) is 0 Å². The number of aryl methyl sites for hydroxylation is 1. The van der Waals surface area contributed by atoms with Crippen molar-refractivity contribution in [1.82, 2.24) is 0 Å². The lowest BCUT2D eigenvalue weighted by Crippen LogP contribution is -1.88. The third-order valence-electron chi connectivity index (χ3n) is 2.27. The van der Waals surface area contributed by atoms with Crippen molar-refractivity contribution in [2.75, 3.05) is 0 Å². The average Bonchev–Trinajstić information content (AvgIpc) is 2.70. The van der Waals surface area contributed by atoms with Crippen LogP contribution in [0.4, 0.5) is 11.4 Å². The number of nitrogens with zero attached hydrogens (tertiary/aromatic N) is 2. The third kappa shape index (κ3) is 3.02. The van der Waals surface area contributed by atoms with E-state index in [9.17, 15) is 10.1 Å². The first-order valence-corrected chi connectivity index (χ1v) is 6.71. The molecule has 0 saturated carbocycles. The van der Waals surface area contributed by atoms with Gasteiger partial charge in [0, 0.05) is 6.07 Å². The molecule has 1 aromatic carbocycles. The maximum atomic E-state index is 10.8. The van der Waals surface area contributed by atoms with Crippen molar-refractivity contribution in [2.24, 2.45) is 4.99 Å². The fourth-order valence-electron chi connectivity index (χ4n) is 1.36. The molecule has 0 aliphatic heterocycles. The molecule has 2 aromatic rings. The second-order valence-corrected chi connectivity index (χ2v) is 6.11. The highest BCUT2D eigenvalue weighted by Gasteiger charge is 2.16. The zero-order chi connectivity index (χ0) is 13.1. The maximum Gasteiger partial charge on any atom is 0.290 e. The van der Waals surface area contributed by atoms with Crippen LogP contribution in [-0.2, 0) is 0 Å². The van der Waals surface area contributed by atoms with E-state index < -0.39 is 4.92 Å².